The summed E-state index contributed by atoms with van der Waals surface area (Å²) in [5.41, 5.74) is 2.75. The summed E-state index contributed by atoms with van der Waals surface area (Å²) in [5.74, 6) is 2.19. The number of nitrogens with one attached hydrogen (secondary N) is 2. The number of rotatable bonds is 4. The SMILES string of the molecule is Cc1cc(C)cc(C(=O)NCC(=O)NC23CC4CC(CC(C4)C2)C3)c1. The molecule has 2 amide bonds. The minimum Gasteiger partial charge on any atom is -0.349 e. The summed E-state index contributed by atoms with van der Waals surface area (Å²) >= 11 is 0. The molecule has 134 valence electrons. The van der Waals surface area contributed by atoms with E-state index in [1.807, 2.05) is 32.0 Å². The molecule has 4 saturated carbocycles. The number of hydrogen-bond donors (Lipinski definition) is 2. The molecule has 4 fully saturated rings. The van der Waals surface area contributed by atoms with Gasteiger partial charge in [-0.3, -0.25) is 9.59 Å². The van der Waals surface area contributed by atoms with Gasteiger partial charge in [-0.1, -0.05) is 17.2 Å². The fraction of sp³-hybridized carbons (Fsp3) is 0.619. The van der Waals surface area contributed by atoms with E-state index in [9.17, 15) is 9.59 Å². The molecule has 5 rings (SSSR count). The van der Waals surface area contributed by atoms with Crippen molar-refractivity contribution in [1.82, 2.24) is 10.6 Å². The Hall–Kier alpha value is -1.84. The zero-order valence-electron chi connectivity index (χ0n) is 15.2. The van der Waals surface area contributed by atoms with E-state index in [0.29, 0.717) is 5.56 Å². The Balaban J connectivity index is 1.34. The van der Waals surface area contributed by atoms with Gasteiger partial charge < -0.3 is 10.6 Å². The largest absolute Gasteiger partial charge is 0.349 e. The Labute approximate surface area is 149 Å². The Bertz CT molecular complexity index is 654. The van der Waals surface area contributed by atoms with Gasteiger partial charge in [0.2, 0.25) is 5.91 Å². The summed E-state index contributed by atoms with van der Waals surface area (Å²) in [7, 11) is 0. The van der Waals surface area contributed by atoms with E-state index in [0.717, 1.165) is 48.1 Å². The molecule has 0 saturated heterocycles. The van der Waals surface area contributed by atoms with Crippen molar-refractivity contribution >= 4 is 11.8 Å². The van der Waals surface area contributed by atoms with Gasteiger partial charge in [0.15, 0.2) is 0 Å². The Morgan fingerprint density at radius 1 is 0.960 bits per heavy atom. The highest BCUT2D eigenvalue weighted by molar-refractivity contribution is 5.96. The van der Waals surface area contributed by atoms with E-state index in [4.69, 9.17) is 0 Å². The van der Waals surface area contributed by atoms with Crippen LogP contribution in [0.15, 0.2) is 18.2 Å². The summed E-state index contributed by atoms with van der Waals surface area (Å²) in [6, 6.07) is 5.76. The lowest BCUT2D eigenvalue weighted by atomic mass is 9.53. The van der Waals surface area contributed by atoms with Gasteiger partial charge in [-0.2, -0.15) is 0 Å². The van der Waals surface area contributed by atoms with Gasteiger partial charge in [0.05, 0.1) is 6.54 Å². The second-order valence-electron chi connectivity index (χ2n) is 8.81. The lowest BCUT2D eigenvalue weighted by molar-refractivity contribution is -0.125. The van der Waals surface area contributed by atoms with Crippen LogP contribution < -0.4 is 10.6 Å². The van der Waals surface area contributed by atoms with Crippen molar-refractivity contribution in [1.29, 1.82) is 0 Å². The first-order chi connectivity index (χ1) is 11.9. The summed E-state index contributed by atoms with van der Waals surface area (Å²) in [6.07, 6.45) is 7.48. The molecular formula is C21H28N2O2. The van der Waals surface area contributed by atoms with Gasteiger partial charge in [0.25, 0.3) is 5.91 Å². The molecule has 4 aliphatic rings. The van der Waals surface area contributed by atoms with Crippen molar-refractivity contribution in [3.63, 3.8) is 0 Å². The molecule has 0 radical (unpaired) electrons. The average Bonchev–Trinajstić information content (AvgIpc) is 2.49. The van der Waals surface area contributed by atoms with E-state index >= 15 is 0 Å². The monoisotopic (exact) mass is 340 g/mol. The van der Waals surface area contributed by atoms with Crippen molar-refractivity contribution in [2.24, 2.45) is 17.8 Å². The second-order valence-corrected chi connectivity index (χ2v) is 8.81. The molecular weight excluding hydrogens is 312 g/mol. The summed E-state index contributed by atoms with van der Waals surface area (Å²) < 4.78 is 0. The fourth-order valence-electron chi connectivity index (χ4n) is 5.97. The molecule has 2 N–H and O–H groups in total. The lowest BCUT2D eigenvalue weighted by Gasteiger charge is -2.56. The summed E-state index contributed by atoms with van der Waals surface area (Å²) in [4.78, 5) is 24.8. The topological polar surface area (TPSA) is 58.2 Å². The molecule has 4 aliphatic carbocycles. The lowest BCUT2D eigenvalue weighted by Crippen LogP contribution is -2.61. The van der Waals surface area contributed by atoms with Crippen molar-refractivity contribution in [2.45, 2.75) is 57.9 Å². The van der Waals surface area contributed by atoms with Crippen molar-refractivity contribution in [3.05, 3.63) is 34.9 Å². The van der Waals surface area contributed by atoms with E-state index in [1.165, 1.54) is 19.3 Å². The van der Waals surface area contributed by atoms with E-state index in [1.54, 1.807) is 0 Å². The summed E-state index contributed by atoms with van der Waals surface area (Å²) in [5, 5.41) is 6.09. The van der Waals surface area contributed by atoms with Crippen LogP contribution in [0.3, 0.4) is 0 Å². The maximum atomic E-state index is 12.5. The molecule has 4 bridgehead atoms. The standard InChI is InChI=1S/C21H28N2O2/c1-13-3-14(2)5-18(4-13)20(25)22-12-19(24)23-21-9-15-6-16(10-21)8-17(7-15)11-21/h3-5,15-17H,6-12H2,1-2H3,(H,22,25)(H,23,24). The smallest absolute Gasteiger partial charge is 0.251 e. The molecule has 25 heavy (non-hydrogen) atoms. The van der Waals surface area contributed by atoms with E-state index in [2.05, 4.69) is 10.6 Å². The molecule has 1 aromatic rings. The molecule has 1 aromatic carbocycles. The van der Waals surface area contributed by atoms with Gasteiger partial charge in [0.1, 0.15) is 0 Å². The van der Waals surface area contributed by atoms with Crippen LogP contribution >= 0.6 is 0 Å². The first-order valence-electron chi connectivity index (χ1n) is 9.58. The van der Waals surface area contributed by atoms with Crippen LogP contribution in [0.1, 0.15) is 60.0 Å². The second kappa shape index (κ2) is 6.15. The first kappa shape index (κ1) is 16.6. The van der Waals surface area contributed by atoms with E-state index in [-0.39, 0.29) is 23.9 Å². The molecule has 4 heteroatoms. The first-order valence-corrected chi connectivity index (χ1v) is 9.58. The van der Waals surface area contributed by atoms with Crippen LogP contribution in [0.5, 0.6) is 0 Å². The molecule has 0 spiro atoms. The number of benzene rings is 1. The van der Waals surface area contributed by atoms with Crippen molar-refractivity contribution < 1.29 is 9.59 Å². The zero-order valence-corrected chi connectivity index (χ0v) is 15.2. The van der Waals surface area contributed by atoms with Crippen molar-refractivity contribution in [3.8, 4) is 0 Å². The summed E-state index contributed by atoms with van der Waals surface area (Å²) in [6.45, 7) is 4.01. The number of aryl methyl sites for hydroxylation is 2. The van der Waals surface area contributed by atoms with Crippen LogP contribution in [0.4, 0.5) is 0 Å². The van der Waals surface area contributed by atoms with Crippen LogP contribution in [0, 0.1) is 31.6 Å². The van der Waals surface area contributed by atoms with Gasteiger partial charge in [-0.25, -0.2) is 0 Å². The zero-order chi connectivity index (χ0) is 17.6. The number of carbonyl (C=O) groups is 2. The van der Waals surface area contributed by atoms with Gasteiger partial charge in [0, 0.05) is 11.1 Å². The third-order valence-electron chi connectivity index (χ3n) is 6.34. The maximum absolute atomic E-state index is 12.5. The van der Waals surface area contributed by atoms with Gasteiger partial charge in [-0.15, -0.1) is 0 Å². The number of carbonyl (C=O) groups excluding carboxylic acids is 2. The van der Waals surface area contributed by atoms with Gasteiger partial charge in [-0.05, 0) is 82.3 Å². The Morgan fingerprint density at radius 2 is 1.48 bits per heavy atom. The molecule has 0 atom stereocenters. The highest BCUT2D eigenvalue weighted by atomic mass is 16.2. The van der Waals surface area contributed by atoms with Crippen molar-refractivity contribution in [2.75, 3.05) is 6.54 Å². The molecule has 0 aliphatic heterocycles. The minimum absolute atomic E-state index is 0.0104. The fourth-order valence-corrected chi connectivity index (χ4v) is 5.97. The van der Waals surface area contributed by atoms with Crippen LogP contribution in [-0.4, -0.2) is 23.9 Å². The maximum Gasteiger partial charge on any atom is 0.251 e. The predicted octanol–water partition coefficient (Wildman–Crippen LogP) is 3.12. The highest BCUT2D eigenvalue weighted by Crippen LogP contribution is 2.55. The Morgan fingerprint density at radius 3 is 2.00 bits per heavy atom. The normalized spacial score (nSPS) is 32.5. The number of amides is 2. The predicted molar refractivity (Wildman–Crippen MR) is 97.3 cm³/mol. The third-order valence-corrected chi connectivity index (χ3v) is 6.34. The molecule has 4 nitrogen and oxygen atoms in total. The molecule has 0 aromatic heterocycles. The average molecular weight is 340 g/mol. The van der Waals surface area contributed by atoms with Gasteiger partial charge >= 0.3 is 0 Å². The van der Waals surface area contributed by atoms with Crippen LogP contribution in [-0.2, 0) is 4.79 Å². The van der Waals surface area contributed by atoms with Crippen LogP contribution in [0.25, 0.3) is 0 Å². The van der Waals surface area contributed by atoms with Crippen LogP contribution in [0.2, 0.25) is 0 Å². The van der Waals surface area contributed by atoms with E-state index < -0.39 is 0 Å². The Kier molecular flexibility index (Phi) is 4.09. The molecule has 0 unspecified atom stereocenters. The third kappa shape index (κ3) is 3.44. The quantitative estimate of drug-likeness (QED) is 0.885. The minimum atomic E-state index is -0.174. The molecule has 0 heterocycles. The highest BCUT2D eigenvalue weighted by Gasteiger charge is 2.51. The number of hydrogen-bond acceptors (Lipinski definition) is 2.